The van der Waals surface area contributed by atoms with Crippen LogP contribution in [0.3, 0.4) is 0 Å². The second kappa shape index (κ2) is 6.65. The topological polar surface area (TPSA) is 95.7 Å². The van der Waals surface area contributed by atoms with E-state index in [9.17, 15) is 19.7 Å². The molecule has 0 heterocycles. The molecule has 0 radical (unpaired) electrons. The van der Waals surface area contributed by atoms with Gasteiger partial charge in [-0.15, -0.1) is 0 Å². The van der Waals surface area contributed by atoms with Crippen LogP contribution in [0.25, 0.3) is 0 Å². The first-order valence-corrected chi connectivity index (χ1v) is 5.94. The first kappa shape index (κ1) is 15.6. The molecule has 0 atom stereocenters. The van der Waals surface area contributed by atoms with Gasteiger partial charge in [0.1, 0.15) is 0 Å². The summed E-state index contributed by atoms with van der Waals surface area (Å²) in [6.45, 7) is 4.45. The number of nitro benzene ring substituents is 1. The second-order valence-corrected chi connectivity index (χ2v) is 4.05. The van der Waals surface area contributed by atoms with E-state index >= 15 is 0 Å². The summed E-state index contributed by atoms with van der Waals surface area (Å²) < 4.78 is 9.88. The minimum Gasteiger partial charge on any atom is -0.475 e. The third-order valence-electron chi connectivity index (χ3n) is 2.68. The van der Waals surface area contributed by atoms with Gasteiger partial charge in [-0.2, -0.15) is 0 Å². The molecule has 20 heavy (non-hydrogen) atoms. The predicted molar refractivity (Wildman–Crippen MR) is 70.1 cm³/mol. The second-order valence-electron chi connectivity index (χ2n) is 4.05. The van der Waals surface area contributed by atoms with E-state index in [-0.39, 0.29) is 29.2 Å². The highest BCUT2D eigenvalue weighted by Gasteiger charge is 2.24. The van der Waals surface area contributed by atoms with Crippen molar-refractivity contribution in [3.8, 4) is 5.75 Å². The van der Waals surface area contributed by atoms with Crippen molar-refractivity contribution >= 4 is 17.9 Å². The summed E-state index contributed by atoms with van der Waals surface area (Å²) in [5.74, 6) is -0.635. The fourth-order valence-corrected chi connectivity index (χ4v) is 1.76. The SMILES string of the molecule is CCOC(=O)COc1c(C)cc(C=O)c(C)c1[N+](=O)[O-]. The summed E-state index contributed by atoms with van der Waals surface area (Å²) in [7, 11) is 0. The number of benzene rings is 1. The van der Waals surface area contributed by atoms with Crippen molar-refractivity contribution in [1.82, 2.24) is 0 Å². The van der Waals surface area contributed by atoms with Crippen molar-refractivity contribution in [3.05, 3.63) is 32.9 Å². The normalized spacial score (nSPS) is 9.95. The van der Waals surface area contributed by atoms with Crippen LogP contribution in [0.4, 0.5) is 5.69 Å². The van der Waals surface area contributed by atoms with Gasteiger partial charge in [0.05, 0.1) is 11.5 Å². The maximum absolute atomic E-state index is 11.2. The van der Waals surface area contributed by atoms with Crippen molar-refractivity contribution in [2.45, 2.75) is 20.8 Å². The molecule has 0 N–H and O–H groups in total. The first-order chi connectivity index (χ1) is 9.42. The average Bonchev–Trinajstić information content (AvgIpc) is 2.38. The van der Waals surface area contributed by atoms with Crippen LogP contribution in [0, 0.1) is 24.0 Å². The lowest BCUT2D eigenvalue weighted by atomic mass is 10.0. The standard InChI is InChI=1S/C13H15NO6/c1-4-19-11(16)7-20-13-8(2)5-10(6-15)9(3)12(13)14(17)18/h5-6H,4,7H2,1-3H3. The van der Waals surface area contributed by atoms with Crippen LogP contribution in [0.5, 0.6) is 5.75 Å². The highest BCUT2D eigenvalue weighted by Crippen LogP contribution is 2.35. The largest absolute Gasteiger partial charge is 0.475 e. The smallest absolute Gasteiger partial charge is 0.344 e. The minimum atomic E-state index is -0.629. The van der Waals surface area contributed by atoms with Crippen molar-refractivity contribution < 1.29 is 24.0 Å². The number of esters is 1. The van der Waals surface area contributed by atoms with Crippen LogP contribution in [0.2, 0.25) is 0 Å². The van der Waals surface area contributed by atoms with Gasteiger partial charge in [-0.25, -0.2) is 4.79 Å². The van der Waals surface area contributed by atoms with Crippen LogP contribution in [0.1, 0.15) is 28.4 Å². The number of hydrogen-bond acceptors (Lipinski definition) is 6. The summed E-state index contributed by atoms with van der Waals surface area (Å²) in [5.41, 5.74) is 0.525. The number of carbonyl (C=O) groups excluding carboxylic acids is 2. The lowest BCUT2D eigenvalue weighted by Gasteiger charge is -2.12. The lowest BCUT2D eigenvalue weighted by Crippen LogP contribution is -2.16. The number of hydrogen-bond donors (Lipinski definition) is 0. The average molecular weight is 281 g/mol. The fourth-order valence-electron chi connectivity index (χ4n) is 1.76. The molecule has 0 aliphatic rings. The summed E-state index contributed by atoms with van der Waals surface area (Å²) >= 11 is 0. The van der Waals surface area contributed by atoms with E-state index in [0.29, 0.717) is 11.8 Å². The maximum Gasteiger partial charge on any atom is 0.344 e. The zero-order chi connectivity index (χ0) is 15.3. The number of ether oxygens (including phenoxy) is 2. The number of rotatable bonds is 6. The molecule has 0 fully saturated rings. The fraction of sp³-hybridized carbons (Fsp3) is 0.385. The van der Waals surface area contributed by atoms with Crippen LogP contribution in [0.15, 0.2) is 6.07 Å². The Kier molecular flexibility index (Phi) is 5.19. The highest BCUT2D eigenvalue weighted by molar-refractivity contribution is 5.82. The molecule has 7 nitrogen and oxygen atoms in total. The van der Waals surface area contributed by atoms with Crippen LogP contribution in [-0.2, 0) is 9.53 Å². The molecule has 1 rings (SSSR count). The van der Waals surface area contributed by atoms with Crippen LogP contribution < -0.4 is 4.74 Å². The molecule has 0 bridgehead atoms. The quantitative estimate of drug-likeness (QED) is 0.342. The van der Waals surface area contributed by atoms with Crippen LogP contribution in [-0.4, -0.2) is 30.4 Å². The first-order valence-electron chi connectivity index (χ1n) is 5.94. The van der Waals surface area contributed by atoms with Gasteiger partial charge in [-0.1, -0.05) is 0 Å². The molecule has 0 aliphatic heterocycles. The summed E-state index contributed by atoms with van der Waals surface area (Å²) in [5, 5.41) is 11.1. The molecule has 0 aliphatic carbocycles. The van der Waals surface area contributed by atoms with E-state index in [1.165, 1.54) is 13.0 Å². The van der Waals surface area contributed by atoms with Gasteiger partial charge >= 0.3 is 11.7 Å². The van der Waals surface area contributed by atoms with Gasteiger partial charge in [0.15, 0.2) is 12.9 Å². The molecule has 0 aromatic heterocycles. The molecule has 7 heteroatoms. The number of carbonyl (C=O) groups is 2. The summed E-state index contributed by atoms with van der Waals surface area (Å²) in [6.07, 6.45) is 0.546. The number of aryl methyl sites for hydroxylation is 1. The Bertz CT molecular complexity index is 552. The molecule has 0 amide bonds. The summed E-state index contributed by atoms with van der Waals surface area (Å²) in [4.78, 5) is 32.6. The van der Waals surface area contributed by atoms with Crippen molar-refractivity contribution in [3.63, 3.8) is 0 Å². The Hall–Kier alpha value is -2.44. The summed E-state index contributed by atoms with van der Waals surface area (Å²) in [6, 6.07) is 1.48. The van der Waals surface area contributed by atoms with Gasteiger partial charge in [-0.05, 0) is 32.4 Å². The van der Waals surface area contributed by atoms with E-state index in [1.54, 1.807) is 13.8 Å². The molecular weight excluding hydrogens is 266 g/mol. The predicted octanol–water partition coefficient (Wildman–Crippen LogP) is 1.97. The number of nitrogens with zero attached hydrogens (tertiary/aromatic N) is 1. The maximum atomic E-state index is 11.2. The van der Waals surface area contributed by atoms with E-state index in [4.69, 9.17) is 4.74 Å². The Morgan fingerprint density at radius 3 is 2.60 bits per heavy atom. The van der Waals surface area contributed by atoms with E-state index in [2.05, 4.69) is 4.74 Å². The Balaban J connectivity index is 3.18. The Morgan fingerprint density at radius 1 is 1.45 bits per heavy atom. The lowest BCUT2D eigenvalue weighted by molar-refractivity contribution is -0.386. The molecular formula is C13H15NO6. The third-order valence-corrected chi connectivity index (χ3v) is 2.68. The van der Waals surface area contributed by atoms with Crippen molar-refractivity contribution in [2.75, 3.05) is 13.2 Å². The molecule has 0 saturated heterocycles. The van der Waals surface area contributed by atoms with Crippen LogP contribution >= 0.6 is 0 Å². The van der Waals surface area contributed by atoms with E-state index in [1.807, 2.05) is 0 Å². The van der Waals surface area contributed by atoms with E-state index < -0.39 is 17.5 Å². The zero-order valence-electron chi connectivity index (χ0n) is 11.5. The molecule has 0 saturated carbocycles. The molecule has 1 aromatic carbocycles. The zero-order valence-corrected chi connectivity index (χ0v) is 11.5. The highest BCUT2D eigenvalue weighted by atomic mass is 16.6. The Morgan fingerprint density at radius 2 is 2.10 bits per heavy atom. The molecule has 0 unspecified atom stereocenters. The van der Waals surface area contributed by atoms with E-state index in [0.717, 1.165) is 0 Å². The van der Waals surface area contributed by atoms with Crippen molar-refractivity contribution in [1.29, 1.82) is 0 Å². The third kappa shape index (κ3) is 3.31. The Labute approximate surface area is 115 Å². The number of aldehydes is 1. The van der Waals surface area contributed by atoms with Gasteiger partial charge in [0.25, 0.3) is 0 Å². The van der Waals surface area contributed by atoms with Gasteiger partial charge in [0.2, 0.25) is 5.75 Å². The van der Waals surface area contributed by atoms with Gasteiger partial charge < -0.3 is 9.47 Å². The molecule has 108 valence electrons. The minimum absolute atomic E-state index is 0.0221. The van der Waals surface area contributed by atoms with Gasteiger partial charge in [-0.3, -0.25) is 14.9 Å². The van der Waals surface area contributed by atoms with Crippen molar-refractivity contribution in [2.24, 2.45) is 0 Å². The monoisotopic (exact) mass is 281 g/mol. The molecule has 0 spiro atoms. The number of nitro groups is 1. The van der Waals surface area contributed by atoms with Gasteiger partial charge in [0, 0.05) is 11.1 Å². The molecule has 1 aromatic rings.